The van der Waals surface area contributed by atoms with Gasteiger partial charge in [0, 0.05) is 36.8 Å². The molecule has 0 unspecified atom stereocenters. The molecule has 1 fully saturated rings. The summed E-state index contributed by atoms with van der Waals surface area (Å²) in [5.41, 5.74) is 6.83. The lowest BCUT2D eigenvalue weighted by Crippen LogP contribution is -2.50. The smallest absolute Gasteiger partial charge is 0.244 e. The van der Waals surface area contributed by atoms with Gasteiger partial charge in [-0.1, -0.05) is 47.5 Å². The van der Waals surface area contributed by atoms with E-state index >= 15 is 0 Å². The molecule has 2 aromatic carbocycles. The Morgan fingerprint density at radius 1 is 1.03 bits per heavy atom. The number of nitrogens with two attached hydrogens (primary N) is 1. The Kier molecular flexibility index (Phi) is 6.48. The normalized spacial score (nSPS) is 15.3. The number of carbonyl (C=O) groups excluding carboxylic acids is 1. The Bertz CT molecular complexity index is 1030. The van der Waals surface area contributed by atoms with Crippen molar-refractivity contribution in [1.29, 1.82) is 5.41 Å². The first-order valence-electron chi connectivity index (χ1n) is 8.85. The van der Waals surface area contributed by atoms with E-state index in [0.717, 1.165) is 5.56 Å². The zero-order chi connectivity index (χ0) is 21.2. The molecule has 0 radical (unpaired) electrons. The lowest BCUT2D eigenvalue weighted by Gasteiger charge is -2.34. The molecule has 1 saturated heterocycles. The molecule has 0 aromatic heterocycles. The molecule has 3 N–H and O–H groups in total. The molecule has 0 atom stereocenters. The molecule has 1 amide bonds. The summed E-state index contributed by atoms with van der Waals surface area (Å²) in [7, 11) is -3.76. The number of sulfonamides is 1. The Balaban J connectivity index is 1.62. The maximum atomic E-state index is 12.8. The van der Waals surface area contributed by atoms with Crippen LogP contribution in [0.2, 0.25) is 10.0 Å². The quantitative estimate of drug-likeness (QED) is 0.533. The van der Waals surface area contributed by atoms with Crippen molar-refractivity contribution in [3.05, 3.63) is 63.6 Å². The van der Waals surface area contributed by atoms with Gasteiger partial charge in [0.15, 0.2) is 0 Å². The summed E-state index contributed by atoms with van der Waals surface area (Å²) >= 11 is 11.9. The highest BCUT2D eigenvalue weighted by Crippen LogP contribution is 2.28. The highest BCUT2D eigenvalue weighted by molar-refractivity contribution is 7.89. The standard InChI is InChI=1S/C19H20Cl2N4O3S/c20-15-5-6-17(16(21)12-15)29(27,28)25-9-7-24(8-10-25)18(26)11-13-1-3-14(4-2-13)19(22)23/h1-6,12H,7-11H2,(H3,22,23). The number of nitrogens with zero attached hydrogens (tertiary/aromatic N) is 2. The molecule has 1 aliphatic rings. The predicted molar refractivity (Wildman–Crippen MR) is 113 cm³/mol. The highest BCUT2D eigenvalue weighted by atomic mass is 35.5. The Morgan fingerprint density at radius 3 is 2.21 bits per heavy atom. The maximum absolute atomic E-state index is 12.8. The van der Waals surface area contributed by atoms with Gasteiger partial charge in [-0.05, 0) is 23.8 Å². The molecule has 0 aliphatic carbocycles. The summed E-state index contributed by atoms with van der Waals surface area (Å²) in [4.78, 5) is 14.2. The van der Waals surface area contributed by atoms with Crippen LogP contribution in [-0.4, -0.2) is 55.5 Å². The van der Waals surface area contributed by atoms with Crippen LogP contribution in [0.25, 0.3) is 0 Å². The fourth-order valence-corrected chi connectivity index (χ4v) is 5.26. The van der Waals surface area contributed by atoms with Crippen molar-refractivity contribution in [2.75, 3.05) is 26.2 Å². The van der Waals surface area contributed by atoms with Crippen molar-refractivity contribution in [1.82, 2.24) is 9.21 Å². The number of amides is 1. The van der Waals surface area contributed by atoms with E-state index in [4.69, 9.17) is 34.3 Å². The van der Waals surface area contributed by atoms with E-state index in [2.05, 4.69) is 0 Å². The van der Waals surface area contributed by atoms with E-state index in [1.165, 1.54) is 22.5 Å². The van der Waals surface area contributed by atoms with E-state index in [1.54, 1.807) is 29.2 Å². The zero-order valence-electron chi connectivity index (χ0n) is 15.4. The van der Waals surface area contributed by atoms with Crippen LogP contribution in [-0.2, 0) is 21.2 Å². The van der Waals surface area contributed by atoms with E-state index in [-0.39, 0.29) is 41.2 Å². The van der Waals surface area contributed by atoms with Crippen molar-refractivity contribution < 1.29 is 13.2 Å². The first-order chi connectivity index (χ1) is 13.7. The number of benzene rings is 2. The van der Waals surface area contributed by atoms with Crippen LogP contribution in [0.4, 0.5) is 0 Å². The molecular weight excluding hydrogens is 435 g/mol. The van der Waals surface area contributed by atoms with E-state index in [0.29, 0.717) is 23.7 Å². The first kappa shape index (κ1) is 21.6. The van der Waals surface area contributed by atoms with Crippen LogP contribution >= 0.6 is 23.2 Å². The average Bonchev–Trinajstić information content (AvgIpc) is 2.68. The zero-order valence-corrected chi connectivity index (χ0v) is 17.8. The number of hydrogen-bond donors (Lipinski definition) is 2. The summed E-state index contributed by atoms with van der Waals surface area (Å²) < 4.78 is 27.0. The van der Waals surface area contributed by atoms with Crippen LogP contribution in [0.3, 0.4) is 0 Å². The van der Waals surface area contributed by atoms with Gasteiger partial charge in [0.05, 0.1) is 11.4 Å². The molecule has 0 spiro atoms. The number of amidine groups is 1. The third kappa shape index (κ3) is 4.90. The SMILES string of the molecule is N=C(N)c1ccc(CC(=O)N2CCN(S(=O)(=O)c3ccc(Cl)cc3Cl)CC2)cc1. The number of hydrogen-bond acceptors (Lipinski definition) is 4. The summed E-state index contributed by atoms with van der Waals surface area (Å²) in [5, 5.41) is 7.83. The molecule has 10 heteroatoms. The Labute approximate surface area is 179 Å². The van der Waals surface area contributed by atoms with Crippen molar-refractivity contribution in [2.24, 2.45) is 5.73 Å². The van der Waals surface area contributed by atoms with Gasteiger partial charge in [-0.2, -0.15) is 4.31 Å². The second kappa shape index (κ2) is 8.71. The summed E-state index contributed by atoms with van der Waals surface area (Å²) in [6, 6.07) is 11.2. The number of carbonyl (C=O) groups is 1. The van der Waals surface area contributed by atoms with Crippen LogP contribution in [0.15, 0.2) is 47.4 Å². The van der Waals surface area contributed by atoms with Gasteiger partial charge < -0.3 is 10.6 Å². The lowest BCUT2D eigenvalue weighted by atomic mass is 10.1. The van der Waals surface area contributed by atoms with Gasteiger partial charge in [0.2, 0.25) is 15.9 Å². The van der Waals surface area contributed by atoms with Crippen molar-refractivity contribution in [3.8, 4) is 0 Å². The second-order valence-corrected chi connectivity index (χ2v) is 9.40. The predicted octanol–water partition coefficient (Wildman–Crippen LogP) is 2.35. The van der Waals surface area contributed by atoms with Gasteiger partial charge >= 0.3 is 0 Å². The molecule has 7 nitrogen and oxygen atoms in total. The molecule has 0 saturated carbocycles. The van der Waals surface area contributed by atoms with E-state index in [1.807, 2.05) is 0 Å². The monoisotopic (exact) mass is 454 g/mol. The lowest BCUT2D eigenvalue weighted by molar-refractivity contribution is -0.131. The molecule has 154 valence electrons. The maximum Gasteiger partial charge on any atom is 0.244 e. The van der Waals surface area contributed by atoms with Crippen LogP contribution in [0, 0.1) is 5.41 Å². The van der Waals surface area contributed by atoms with E-state index in [9.17, 15) is 13.2 Å². The minimum absolute atomic E-state index is 0.00824. The molecule has 2 aromatic rings. The Morgan fingerprint density at radius 2 is 1.66 bits per heavy atom. The largest absolute Gasteiger partial charge is 0.384 e. The van der Waals surface area contributed by atoms with Crippen LogP contribution in [0.5, 0.6) is 0 Å². The number of piperazine rings is 1. The number of halogens is 2. The third-order valence-corrected chi connectivity index (χ3v) is 7.34. The fraction of sp³-hybridized carbons (Fsp3) is 0.263. The Hall–Kier alpha value is -2.13. The van der Waals surface area contributed by atoms with Crippen molar-refractivity contribution in [2.45, 2.75) is 11.3 Å². The van der Waals surface area contributed by atoms with Crippen LogP contribution in [0.1, 0.15) is 11.1 Å². The summed E-state index contributed by atoms with van der Waals surface area (Å²) in [6.07, 6.45) is 0.202. The molecular formula is C19H20Cl2N4O3S. The highest BCUT2D eigenvalue weighted by Gasteiger charge is 2.31. The van der Waals surface area contributed by atoms with Gasteiger partial charge in [-0.3, -0.25) is 10.2 Å². The fourth-order valence-electron chi connectivity index (χ4n) is 3.09. The summed E-state index contributed by atoms with van der Waals surface area (Å²) in [6.45, 7) is 0.982. The van der Waals surface area contributed by atoms with Crippen molar-refractivity contribution >= 4 is 45.0 Å². The molecule has 1 aliphatic heterocycles. The van der Waals surface area contributed by atoms with Gasteiger partial charge in [0.1, 0.15) is 10.7 Å². The number of rotatable bonds is 5. The van der Waals surface area contributed by atoms with E-state index < -0.39 is 10.0 Å². The average molecular weight is 455 g/mol. The number of nitrogen functional groups attached to an aromatic ring is 1. The second-order valence-electron chi connectivity index (χ2n) is 6.65. The topological polar surface area (TPSA) is 108 Å². The first-order valence-corrected chi connectivity index (χ1v) is 11.0. The van der Waals surface area contributed by atoms with Gasteiger partial charge in [-0.15, -0.1) is 0 Å². The van der Waals surface area contributed by atoms with Gasteiger partial charge in [-0.25, -0.2) is 8.42 Å². The third-order valence-electron chi connectivity index (χ3n) is 4.72. The molecule has 0 bridgehead atoms. The summed E-state index contributed by atoms with van der Waals surface area (Å²) in [5.74, 6) is -0.108. The minimum atomic E-state index is -3.76. The molecule has 1 heterocycles. The van der Waals surface area contributed by atoms with Crippen molar-refractivity contribution in [3.63, 3.8) is 0 Å². The minimum Gasteiger partial charge on any atom is -0.384 e. The van der Waals surface area contributed by atoms with Gasteiger partial charge in [0.25, 0.3) is 0 Å². The molecule has 3 rings (SSSR count). The number of nitrogens with one attached hydrogen (secondary N) is 1. The molecule has 29 heavy (non-hydrogen) atoms. The van der Waals surface area contributed by atoms with Crippen LogP contribution < -0.4 is 5.73 Å².